The Morgan fingerprint density at radius 1 is 1.18 bits per heavy atom. The summed E-state index contributed by atoms with van der Waals surface area (Å²) >= 11 is 0. The van der Waals surface area contributed by atoms with Gasteiger partial charge in [-0.3, -0.25) is 0 Å². The molecule has 0 rings (SSSR count). The highest BCUT2D eigenvalue weighted by atomic mass is 15.2. The smallest absolute Gasteiger partial charge is 0.0147 e. The molecule has 0 aliphatic rings. The van der Waals surface area contributed by atoms with Gasteiger partial charge in [0.15, 0.2) is 0 Å². The summed E-state index contributed by atoms with van der Waals surface area (Å²) in [6, 6.07) is 0. The lowest BCUT2D eigenvalue weighted by Gasteiger charge is -2.34. The first kappa shape index (κ1) is 11.0. The topological polar surface area (TPSA) is 3.24 Å². The maximum atomic E-state index is 2.45. The van der Waals surface area contributed by atoms with Gasteiger partial charge in [-0.05, 0) is 40.3 Å². The van der Waals surface area contributed by atoms with Crippen molar-refractivity contribution in [2.75, 3.05) is 13.6 Å². The van der Waals surface area contributed by atoms with Crippen molar-refractivity contribution in [3.05, 3.63) is 0 Å². The van der Waals surface area contributed by atoms with Gasteiger partial charge in [0.25, 0.3) is 0 Å². The van der Waals surface area contributed by atoms with Crippen LogP contribution in [-0.4, -0.2) is 24.0 Å². The second-order valence-electron chi connectivity index (χ2n) is 3.94. The van der Waals surface area contributed by atoms with Gasteiger partial charge < -0.3 is 4.90 Å². The van der Waals surface area contributed by atoms with Crippen molar-refractivity contribution in [2.24, 2.45) is 0 Å². The Morgan fingerprint density at radius 2 is 1.73 bits per heavy atom. The van der Waals surface area contributed by atoms with Crippen molar-refractivity contribution in [1.82, 2.24) is 4.90 Å². The maximum absolute atomic E-state index is 2.45. The standard InChI is InChI=1S/C10H23N/c1-6-8-9-11(5)10(3,4)7-2/h6-9H2,1-5H3. The summed E-state index contributed by atoms with van der Waals surface area (Å²) in [5, 5.41) is 0. The number of hydrogen-bond donors (Lipinski definition) is 0. The molecule has 11 heavy (non-hydrogen) atoms. The molecule has 0 N–H and O–H groups in total. The predicted molar refractivity (Wildman–Crippen MR) is 51.9 cm³/mol. The molecule has 0 fully saturated rings. The van der Waals surface area contributed by atoms with Crippen molar-refractivity contribution in [1.29, 1.82) is 0 Å². The molecule has 0 aromatic carbocycles. The van der Waals surface area contributed by atoms with Gasteiger partial charge in [0.05, 0.1) is 0 Å². The normalized spacial score (nSPS) is 12.5. The Balaban J connectivity index is 3.71. The molecule has 0 aromatic rings. The van der Waals surface area contributed by atoms with Gasteiger partial charge in [0.1, 0.15) is 0 Å². The van der Waals surface area contributed by atoms with E-state index >= 15 is 0 Å². The van der Waals surface area contributed by atoms with Crippen LogP contribution in [0.15, 0.2) is 0 Å². The number of hydrogen-bond acceptors (Lipinski definition) is 1. The van der Waals surface area contributed by atoms with E-state index in [1.807, 2.05) is 0 Å². The largest absolute Gasteiger partial charge is 0.301 e. The quantitative estimate of drug-likeness (QED) is 0.593. The second kappa shape index (κ2) is 4.76. The molecule has 1 heteroatoms. The van der Waals surface area contributed by atoms with Gasteiger partial charge in [0.2, 0.25) is 0 Å². The Hall–Kier alpha value is -0.0400. The van der Waals surface area contributed by atoms with Crippen molar-refractivity contribution in [3.8, 4) is 0 Å². The molecule has 68 valence electrons. The highest BCUT2D eigenvalue weighted by molar-refractivity contribution is 4.76. The van der Waals surface area contributed by atoms with E-state index in [4.69, 9.17) is 0 Å². The summed E-state index contributed by atoms with van der Waals surface area (Å²) in [6.45, 7) is 10.3. The molecule has 0 spiro atoms. The highest BCUT2D eigenvalue weighted by Crippen LogP contribution is 2.16. The molecule has 0 aromatic heterocycles. The van der Waals surface area contributed by atoms with E-state index in [0.717, 1.165) is 0 Å². The fourth-order valence-electron chi connectivity index (χ4n) is 0.968. The van der Waals surface area contributed by atoms with Gasteiger partial charge in [-0.25, -0.2) is 0 Å². The Kier molecular flexibility index (Phi) is 4.74. The first-order chi connectivity index (χ1) is 5.04. The molecular weight excluding hydrogens is 134 g/mol. The minimum atomic E-state index is 0.384. The molecule has 0 radical (unpaired) electrons. The minimum absolute atomic E-state index is 0.384. The van der Waals surface area contributed by atoms with Crippen LogP contribution in [0, 0.1) is 0 Å². The minimum Gasteiger partial charge on any atom is -0.301 e. The third-order valence-electron chi connectivity index (χ3n) is 2.75. The van der Waals surface area contributed by atoms with Crippen LogP contribution in [0.5, 0.6) is 0 Å². The average molecular weight is 157 g/mol. The van der Waals surface area contributed by atoms with Crippen molar-refractivity contribution in [2.45, 2.75) is 52.5 Å². The molecular formula is C10H23N. The summed E-state index contributed by atoms with van der Waals surface area (Å²) < 4.78 is 0. The van der Waals surface area contributed by atoms with E-state index < -0.39 is 0 Å². The van der Waals surface area contributed by atoms with Crippen LogP contribution in [0.25, 0.3) is 0 Å². The fraction of sp³-hybridized carbons (Fsp3) is 1.00. The van der Waals surface area contributed by atoms with E-state index in [1.165, 1.54) is 25.8 Å². The van der Waals surface area contributed by atoms with Gasteiger partial charge >= 0.3 is 0 Å². The van der Waals surface area contributed by atoms with Crippen LogP contribution in [0.4, 0.5) is 0 Å². The average Bonchev–Trinajstić information content (AvgIpc) is 2.00. The van der Waals surface area contributed by atoms with Crippen molar-refractivity contribution < 1.29 is 0 Å². The molecule has 0 heterocycles. The van der Waals surface area contributed by atoms with E-state index in [9.17, 15) is 0 Å². The molecule has 0 amide bonds. The molecule has 0 atom stereocenters. The van der Waals surface area contributed by atoms with Gasteiger partial charge in [0, 0.05) is 5.54 Å². The van der Waals surface area contributed by atoms with Crippen LogP contribution in [0.3, 0.4) is 0 Å². The fourth-order valence-corrected chi connectivity index (χ4v) is 0.968. The van der Waals surface area contributed by atoms with Crippen LogP contribution in [0.2, 0.25) is 0 Å². The first-order valence-corrected chi connectivity index (χ1v) is 4.75. The van der Waals surface area contributed by atoms with E-state index in [1.54, 1.807) is 0 Å². The lowest BCUT2D eigenvalue weighted by molar-refractivity contribution is 0.149. The molecule has 0 unspecified atom stereocenters. The monoisotopic (exact) mass is 157 g/mol. The summed E-state index contributed by atoms with van der Waals surface area (Å²) in [4.78, 5) is 2.45. The molecule has 0 aliphatic heterocycles. The Bertz CT molecular complexity index is 97.0. The summed E-state index contributed by atoms with van der Waals surface area (Å²) in [6.07, 6.45) is 3.84. The Labute approximate surface area is 71.8 Å². The predicted octanol–water partition coefficient (Wildman–Crippen LogP) is 2.91. The van der Waals surface area contributed by atoms with E-state index in [2.05, 4.69) is 39.6 Å². The molecule has 0 aliphatic carbocycles. The third-order valence-corrected chi connectivity index (χ3v) is 2.75. The molecule has 1 nitrogen and oxygen atoms in total. The summed E-state index contributed by atoms with van der Waals surface area (Å²) in [5.41, 5.74) is 0.384. The Morgan fingerprint density at radius 3 is 2.09 bits per heavy atom. The maximum Gasteiger partial charge on any atom is 0.0147 e. The van der Waals surface area contributed by atoms with Crippen LogP contribution >= 0.6 is 0 Å². The lowest BCUT2D eigenvalue weighted by atomic mass is 10.00. The van der Waals surface area contributed by atoms with Gasteiger partial charge in [-0.2, -0.15) is 0 Å². The van der Waals surface area contributed by atoms with E-state index in [-0.39, 0.29) is 0 Å². The number of rotatable bonds is 5. The molecule has 0 saturated heterocycles. The van der Waals surface area contributed by atoms with E-state index in [0.29, 0.717) is 5.54 Å². The zero-order chi connectivity index (χ0) is 8.91. The van der Waals surface area contributed by atoms with Crippen molar-refractivity contribution >= 4 is 0 Å². The van der Waals surface area contributed by atoms with Crippen LogP contribution in [0.1, 0.15) is 47.0 Å². The second-order valence-corrected chi connectivity index (χ2v) is 3.94. The number of unbranched alkanes of at least 4 members (excludes halogenated alkanes) is 1. The highest BCUT2D eigenvalue weighted by Gasteiger charge is 2.19. The zero-order valence-electron chi connectivity index (χ0n) is 8.78. The lowest BCUT2D eigenvalue weighted by Crippen LogP contribution is -2.40. The number of nitrogens with zero attached hydrogens (tertiary/aromatic N) is 1. The SMILES string of the molecule is CCCCN(C)C(C)(C)CC. The third kappa shape index (κ3) is 3.76. The summed E-state index contributed by atoms with van der Waals surface area (Å²) in [5.74, 6) is 0. The molecule has 0 saturated carbocycles. The van der Waals surface area contributed by atoms with Gasteiger partial charge in [-0.15, -0.1) is 0 Å². The van der Waals surface area contributed by atoms with Crippen LogP contribution in [-0.2, 0) is 0 Å². The van der Waals surface area contributed by atoms with Gasteiger partial charge in [-0.1, -0.05) is 20.3 Å². The molecule has 0 bridgehead atoms. The first-order valence-electron chi connectivity index (χ1n) is 4.75. The van der Waals surface area contributed by atoms with Crippen LogP contribution < -0.4 is 0 Å². The zero-order valence-corrected chi connectivity index (χ0v) is 8.78. The summed E-state index contributed by atoms with van der Waals surface area (Å²) in [7, 11) is 2.22. The van der Waals surface area contributed by atoms with Crippen molar-refractivity contribution in [3.63, 3.8) is 0 Å².